The first-order chi connectivity index (χ1) is 6.95. The maximum atomic E-state index is 5.12. The van der Waals surface area contributed by atoms with Crippen LogP contribution < -0.4 is 0 Å². The van der Waals surface area contributed by atoms with Crippen LogP contribution in [0.25, 0.3) is 0 Å². The van der Waals surface area contributed by atoms with Crippen molar-refractivity contribution in [2.45, 2.75) is 6.23 Å². The molecule has 0 aliphatic carbocycles. The summed E-state index contributed by atoms with van der Waals surface area (Å²) >= 11 is 0. The third kappa shape index (κ3) is 2.22. The Morgan fingerprint density at radius 3 is 2.79 bits per heavy atom. The highest BCUT2D eigenvalue weighted by Gasteiger charge is 2.02. The second kappa shape index (κ2) is 4.27. The van der Waals surface area contributed by atoms with Crippen LogP contribution in [0.15, 0.2) is 53.2 Å². The lowest BCUT2D eigenvalue weighted by molar-refractivity contribution is 0.185. The summed E-state index contributed by atoms with van der Waals surface area (Å²) in [6.45, 7) is 0. The third-order valence-electron chi connectivity index (χ3n) is 1.50. The molecule has 0 fully saturated rings. The normalized spacial score (nSPS) is 19.9. The second-order valence-electron chi connectivity index (χ2n) is 2.50. The number of rotatable bonds is 2. The molecule has 0 spiro atoms. The van der Waals surface area contributed by atoms with E-state index in [2.05, 4.69) is 20.2 Å². The molecule has 0 amide bonds. The number of ether oxygens (including phenoxy) is 1. The van der Waals surface area contributed by atoms with Crippen molar-refractivity contribution in [2.75, 3.05) is 0 Å². The lowest BCUT2D eigenvalue weighted by atomic mass is 10.4. The molecule has 0 saturated heterocycles. The van der Waals surface area contributed by atoms with Crippen molar-refractivity contribution >= 4 is 5.95 Å². The molecule has 1 atom stereocenters. The Balaban J connectivity index is 2.01. The van der Waals surface area contributed by atoms with Crippen molar-refractivity contribution in [1.29, 1.82) is 0 Å². The number of aromatic nitrogens is 2. The molecule has 2 heterocycles. The van der Waals surface area contributed by atoms with E-state index >= 15 is 0 Å². The smallest absolute Gasteiger partial charge is 0.268 e. The molecular formula is C9H8N4O. The van der Waals surface area contributed by atoms with E-state index < -0.39 is 0 Å². The van der Waals surface area contributed by atoms with Crippen LogP contribution in [0.1, 0.15) is 0 Å². The monoisotopic (exact) mass is 188 g/mol. The van der Waals surface area contributed by atoms with Crippen molar-refractivity contribution in [3.8, 4) is 0 Å². The fourth-order valence-corrected chi connectivity index (χ4v) is 0.893. The predicted molar refractivity (Wildman–Crippen MR) is 49.7 cm³/mol. The van der Waals surface area contributed by atoms with Gasteiger partial charge in [0.2, 0.25) is 6.23 Å². The molecule has 14 heavy (non-hydrogen) atoms. The van der Waals surface area contributed by atoms with Gasteiger partial charge in [-0.3, -0.25) is 0 Å². The summed E-state index contributed by atoms with van der Waals surface area (Å²) in [5.41, 5.74) is 0. The molecule has 0 saturated carbocycles. The molecule has 5 nitrogen and oxygen atoms in total. The highest BCUT2D eigenvalue weighted by atomic mass is 16.5. The van der Waals surface area contributed by atoms with Gasteiger partial charge in [0.05, 0.1) is 6.26 Å². The standard InChI is InChI=1S/C9H8N4O/c1-2-7-14-8(4-1)12-13-9-10-5-3-6-11-9/h1-8H. The maximum absolute atomic E-state index is 5.12. The number of allylic oxidation sites excluding steroid dienone is 2. The summed E-state index contributed by atoms with van der Waals surface area (Å²) in [5.74, 6) is 0.332. The molecule has 2 rings (SSSR count). The average Bonchev–Trinajstić information content (AvgIpc) is 2.29. The van der Waals surface area contributed by atoms with E-state index in [1.807, 2.05) is 6.08 Å². The summed E-state index contributed by atoms with van der Waals surface area (Å²) in [7, 11) is 0. The number of hydrogen-bond donors (Lipinski definition) is 0. The molecule has 0 radical (unpaired) electrons. The van der Waals surface area contributed by atoms with Gasteiger partial charge in [-0.05, 0) is 18.2 Å². The topological polar surface area (TPSA) is 59.7 Å². The van der Waals surface area contributed by atoms with Crippen molar-refractivity contribution in [2.24, 2.45) is 10.2 Å². The predicted octanol–water partition coefficient (Wildman–Crippen LogP) is 1.99. The largest absolute Gasteiger partial charge is 0.471 e. The van der Waals surface area contributed by atoms with Crippen LogP contribution in [0.5, 0.6) is 0 Å². The summed E-state index contributed by atoms with van der Waals surface area (Å²) in [5, 5.41) is 7.72. The van der Waals surface area contributed by atoms with Crippen LogP contribution in [-0.2, 0) is 4.74 Å². The van der Waals surface area contributed by atoms with Crippen LogP contribution in [0.3, 0.4) is 0 Å². The fraction of sp³-hybridized carbons (Fsp3) is 0.111. The van der Waals surface area contributed by atoms with Crippen molar-refractivity contribution in [3.05, 3.63) is 43.0 Å². The first kappa shape index (κ1) is 8.55. The van der Waals surface area contributed by atoms with Gasteiger partial charge in [0.25, 0.3) is 5.95 Å². The summed E-state index contributed by atoms with van der Waals surface area (Å²) in [4.78, 5) is 7.79. The van der Waals surface area contributed by atoms with E-state index in [4.69, 9.17) is 4.74 Å². The Kier molecular flexibility index (Phi) is 2.61. The zero-order chi connectivity index (χ0) is 9.64. The SMILES string of the molecule is C1=COC(N=Nc2ncccn2)C=C1. The van der Waals surface area contributed by atoms with Gasteiger partial charge >= 0.3 is 0 Å². The van der Waals surface area contributed by atoms with Gasteiger partial charge in [0, 0.05) is 12.4 Å². The minimum Gasteiger partial charge on any atom is -0.471 e. The molecule has 1 aromatic rings. The average molecular weight is 188 g/mol. The molecule has 0 N–H and O–H groups in total. The van der Waals surface area contributed by atoms with Gasteiger partial charge in [0.15, 0.2) is 0 Å². The minimum atomic E-state index is -0.371. The maximum Gasteiger partial charge on any atom is 0.268 e. The Morgan fingerprint density at radius 2 is 2.07 bits per heavy atom. The zero-order valence-corrected chi connectivity index (χ0v) is 7.32. The van der Waals surface area contributed by atoms with Crippen LogP contribution in [0, 0.1) is 0 Å². The fourth-order valence-electron chi connectivity index (χ4n) is 0.893. The quantitative estimate of drug-likeness (QED) is 0.667. The van der Waals surface area contributed by atoms with Crippen LogP contribution in [0.2, 0.25) is 0 Å². The Bertz CT molecular complexity index is 372. The molecule has 1 aliphatic heterocycles. The summed E-state index contributed by atoms with van der Waals surface area (Å²) in [6, 6.07) is 1.72. The van der Waals surface area contributed by atoms with Gasteiger partial charge in [-0.2, -0.15) is 0 Å². The van der Waals surface area contributed by atoms with E-state index in [0.29, 0.717) is 5.95 Å². The van der Waals surface area contributed by atoms with Crippen LogP contribution in [0.4, 0.5) is 5.95 Å². The number of hydrogen-bond acceptors (Lipinski definition) is 5. The Morgan fingerprint density at radius 1 is 1.21 bits per heavy atom. The van der Waals surface area contributed by atoms with Gasteiger partial charge < -0.3 is 4.74 Å². The third-order valence-corrected chi connectivity index (χ3v) is 1.50. The van der Waals surface area contributed by atoms with Crippen molar-refractivity contribution in [3.63, 3.8) is 0 Å². The molecule has 1 unspecified atom stereocenters. The highest BCUT2D eigenvalue weighted by molar-refractivity contribution is 5.11. The first-order valence-corrected chi connectivity index (χ1v) is 4.12. The molecule has 5 heteroatoms. The molecule has 1 aromatic heterocycles. The second-order valence-corrected chi connectivity index (χ2v) is 2.50. The van der Waals surface area contributed by atoms with E-state index in [1.165, 1.54) is 0 Å². The van der Waals surface area contributed by atoms with Gasteiger partial charge in [-0.25, -0.2) is 9.97 Å². The molecular weight excluding hydrogens is 180 g/mol. The van der Waals surface area contributed by atoms with Gasteiger partial charge in [-0.15, -0.1) is 10.2 Å². The Labute approximate surface area is 80.9 Å². The zero-order valence-electron chi connectivity index (χ0n) is 7.32. The highest BCUT2D eigenvalue weighted by Crippen LogP contribution is 2.07. The molecule has 0 bridgehead atoms. The first-order valence-electron chi connectivity index (χ1n) is 4.12. The van der Waals surface area contributed by atoms with Crippen LogP contribution in [-0.4, -0.2) is 16.2 Å². The molecule has 70 valence electrons. The Hall–Kier alpha value is -2.04. The molecule has 0 aromatic carbocycles. The van der Waals surface area contributed by atoms with E-state index in [-0.39, 0.29) is 6.23 Å². The van der Waals surface area contributed by atoms with Crippen molar-refractivity contribution < 1.29 is 4.74 Å². The van der Waals surface area contributed by atoms with E-state index in [0.717, 1.165) is 0 Å². The lowest BCUT2D eigenvalue weighted by Gasteiger charge is -2.07. The summed E-state index contributed by atoms with van der Waals surface area (Å²) in [6.07, 6.45) is 9.83. The van der Waals surface area contributed by atoms with E-state index in [9.17, 15) is 0 Å². The lowest BCUT2D eigenvalue weighted by Crippen LogP contribution is -2.02. The van der Waals surface area contributed by atoms with Gasteiger partial charge in [-0.1, -0.05) is 6.08 Å². The van der Waals surface area contributed by atoms with Crippen LogP contribution >= 0.6 is 0 Å². The van der Waals surface area contributed by atoms with E-state index in [1.54, 1.807) is 36.9 Å². The molecule has 1 aliphatic rings. The van der Waals surface area contributed by atoms with Gasteiger partial charge in [0.1, 0.15) is 0 Å². The minimum absolute atomic E-state index is 0.332. The number of azo groups is 1. The summed E-state index contributed by atoms with van der Waals surface area (Å²) < 4.78 is 5.12. The van der Waals surface area contributed by atoms with Crippen molar-refractivity contribution in [1.82, 2.24) is 9.97 Å². The number of nitrogens with zero attached hydrogens (tertiary/aromatic N) is 4.